The van der Waals surface area contributed by atoms with Crippen LogP contribution in [0.3, 0.4) is 0 Å². The van der Waals surface area contributed by atoms with Gasteiger partial charge >= 0.3 is 0 Å². The summed E-state index contributed by atoms with van der Waals surface area (Å²) >= 11 is 0. The summed E-state index contributed by atoms with van der Waals surface area (Å²) in [6.45, 7) is 12.8. The van der Waals surface area contributed by atoms with Gasteiger partial charge in [0.15, 0.2) is 0 Å². The Hall–Kier alpha value is -0.0400. The van der Waals surface area contributed by atoms with E-state index in [1.54, 1.807) is 0 Å². The van der Waals surface area contributed by atoms with Crippen LogP contribution in [0, 0.1) is 52.3 Å². The van der Waals surface area contributed by atoms with Crippen molar-refractivity contribution in [3.05, 3.63) is 0 Å². The first kappa shape index (κ1) is 22.2. The third-order valence-electron chi connectivity index (χ3n) is 11.2. The van der Waals surface area contributed by atoms with E-state index in [1.165, 1.54) is 77.0 Å². The van der Waals surface area contributed by atoms with E-state index in [-0.39, 0.29) is 0 Å². The van der Waals surface area contributed by atoms with Gasteiger partial charge in [-0.25, -0.2) is 0 Å². The highest BCUT2D eigenvalue weighted by Gasteiger charge is 2.60. The van der Waals surface area contributed by atoms with Crippen LogP contribution < -0.4 is 0 Å². The summed E-state index contributed by atoms with van der Waals surface area (Å²) in [5, 5.41) is 0. The Balaban J connectivity index is 1.45. The molecule has 4 fully saturated rings. The smallest absolute Gasteiger partial charge is 0.0574 e. The molecule has 0 aromatic carbocycles. The van der Waals surface area contributed by atoms with Crippen LogP contribution in [0.25, 0.3) is 0 Å². The van der Waals surface area contributed by atoms with E-state index in [0.717, 1.165) is 41.4 Å². The molecule has 0 radical (unpaired) electrons. The quantitative estimate of drug-likeness (QED) is 0.436. The first-order valence-electron chi connectivity index (χ1n) is 13.3. The molecule has 168 valence electrons. The standard InChI is InChI=1S/C28H50O/c1-19(2)8-7-9-20(3)24-12-13-25-23-11-10-21-18-22(29-6)14-16-27(21,4)26(23)15-17-28(24,25)5/h19-26H,7-18H2,1-6H3. The Labute approximate surface area is 182 Å². The monoisotopic (exact) mass is 402 g/mol. The van der Waals surface area contributed by atoms with Gasteiger partial charge in [-0.1, -0.05) is 53.9 Å². The highest BCUT2D eigenvalue weighted by atomic mass is 16.5. The summed E-state index contributed by atoms with van der Waals surface area (Å²) in [5.41, 5.74) is 1.26. The summed E-state index contributed by atoms with van der Waals surface area (Å²) in [5.74, 6) is 6.79. The fourth-order valence-electron chi connectivity index (χ4n) is 9.46. The molecule has 0 bridgehead atoms. The van der Waals surface area contributed by atoms with Gasteiger partial charge < -0.3 is 4.74 Å². The minimum absolute atomic E-state index is 0.543. The summed E-state index contributed by atoms with van der Waals surface area (Å²) < 4.78 is 5.79. The SMILES string of the molecule is COC1CCC2(C)C(CCC3C2CCC2(C)C(C(C)CCCC(C)C)CCC32)C1. The minimum Gasteiger partial charge on any atom is -0.381 e. The van der Waals surface area contributed by atoms with Gasteiger partial charge in [-0.2, -0.15) is 0 Å². The largest absolute Gasteiger partial charge is 0.381 e. The lowest BCUT2D eigenvalue weighted by Crippen LogP contribution is -2.54. The maximum absolute atomic E-state index is 5.79. The average molecular weight is 403 g/mol. The summed E-state index contributed by atoms with van der Waals surface area (Å²) in [6, 6.07) is 0. The zero-order chi connectivity index (χ0) is 20.8. The van der Waals surface area contributed by atoms with Crippen LogP contribution in [0.4, 0.5) is 0 Å². The van der Waals surface area contributed by atoms with Gasteiger partial charge in [0.1, 0.15) is 0 Å². The molecule has 0 spiro atoms. The first-order valence-corrected chi connectivity index (χ1v) is 13.3. The van der Waals surface area contributed by atoms with Crippen molar-refractivity contribution in [2.24, 2.45) is 52.3 Å². The molecular weight excluding hydrogens is 352 g/mol. The van der Waals surface area contributed by atoms with E-state index in [1.807, 2.05) is 7.11 Å². The molecule has 0 saturated heterocycles. The molecule has 9 atom stereocenters. The van der Waals surface area contributed by atoms with Gasteiger partial charge in [0, 0.05) is 7.11 Å². The molecule has 0 aromatic heterocycles. The molecule has 0 amide bonds. The lowest BCUT2D eigenvalue weighted by atomic mass is 9.44. The lowest BCUT2D eigenvalue weighted by molar-refractivity contribution is -0.133. The van der Waals surface area contributed by atoms with E-state index in [0.29, 0.717) is 16.9 Å². The zero-order valence-electron chi connectivity index (χ0n) is 20.5. The average Bonchev–Trinajstić information content (AvgIpc) is 3.04. The number of rotatable bonds is 6. The lowest BCUT2D eigenvalue weighted by Gasteiger charge is -2.61. The summed E-state index contributed by atoms with van der Waals surface area (Å²) in [4.78, 5) is 0. The minimum atomic E-state index is 0.543. The number of hydrogen-bond acceptors (Lipinski definition) is 1. The Kier molecular flexibility index (Phi) is 6.48. The van der Waals surface area contributed by atoms with Crippen molar-refractivity contribution in [1.29, 1.82) is 0 Å². The molecule has 0 aromatic rings. The molecule has 0 heterocycles. The van der Waals surface area contributed by atoms with E-state index >= 15 is 0 Å². The molecule has 9 unspecified atom stereocenters. The molecule has 4 aliphatic rings. The van der Waals surface area contributed by atoms with Crippen LogP contribution in [-0.2, 0) is 4.74 Å². The Morgan fingerprint density at radius 2 is 1.55 bits per heavy atom. The van der Waals surface area contributed by atoms with Gasteiger partial charge in [-0.15, -0.1) is 0 Å². The van der Waals surface area contributed by atoms with Crippen LogP contribution in [0.15, 0.2) is 0 Å². The van der Waals surface area contributed by atoms with E-state index in [9.17, 15) is 0 Å². The molecule has 29 heavy (non-hydrogen) atoms. The maximum atomic E-state index is 5.79. The molecule has 4 aliphatic carbocycles. The highest BCUT2D eigenvalue weighted by molar-refractivity contribution is 5.09. The van der Waals surface area contributed by atoms with Crippen LogP contribution in [0.5, 0.6) is 0 Å². The predicted molar refractivity (Wildman–Crippen MR) is 124 cm³/mol. The molecule has 1 nitrogen and oxygen atoms in total. The van der Waals surface area contributed by atoms with Crippen molar-refractivity contribution >= 4 is 0 Å². The van der Waals surface area contributed by atoms with Crippen LogP contribution in [0.1, 0.15) is 112 Å². The summed E-state index contributed by atoms with van der Waals surface area (Å²) in [7, 11) is 1.94. The van der Waals surface area contributed by atoms with Crippen molar-refractivity contribution < 1.29 is 4.74 Å². The second-order valence-electron chi connectivity index (χ2n) is 12.8. The van der Waals surface area contributed by atoms with Crippen molar-refractivity contribution in [1.82, 2.24) is 0 Å². The maximum Gasteiger partial charge on any atom is 0.0574 e. The van der Waals surface area contributed by atoms with Crippen molar-refractivity contribution in [2.45, 2.75) is 118 Å². The molecule has 1 heteroatoms. The van der Waals surface area contributed by atoms with Crippen LogP contribution >= 0.6 is 0 Å². The van der Waals surface area contributed by atoms with E-state index < -0.39 is 0 Å². The van der Waals surface area contributed by atoms with Gasteiger partial charge in [-0.05, 0) is 110 Å². The topological polar surface area (TPSA) is 9.23 Å². The second kappa shape index (κ2) is 8.48. The van der Waals surface area contributed by atoms with Gasteiger partial charge in [0.05, 0.1) is 6.10 Å². The van der Waals surface area contributed by atoms with Crippen LogP contribution in [0.2, 0.25) is 0 Å². The Bertz CT molecular complexity index is 555. The fourth-order valence-corrected chi connectivity index (χ4v) is 9.46. The number of methoxy groups -OCH3 is 1. The molecule has 0 N–H and O–H groups in total. The fraction of sp³-hybridized carbons (Fsp3) is 1.00. The zero-order valence-corrected chi connectivity index (χ0v) is 20.5. The van der Waals surface area contributed by atoms with Gasteiger partial charge in [-0.3, -0.25) is 0 Å². The molecule has 4 saturated carbocycles. The summed E-state index contributed by atoms with van der Waals surface area (Å²) in [6.07, 6.45) is 18.1. The predicted octanol–water partition coefficient (Wildman–Crippen LogP) is 8.12. The highest BCUT2D eigenvalue weighted by Crippen LogP contribution is 2.68. The van der Waals surface area contributed by atoms with E-state index in [4.69, 9.17) is 4.74 Å². The van der Waals surface area contributed by atoms with Crippen LogP contribution in [-0.4, -0.2) is 13.2 Å². The normalized spacial score (nSPS) is 48.1. The van der Waals surface area contributed by atoms with Crippen molar-refractivity contribution in [3.8, 4) is 0 Å². The number of ether oxygens (including phenoxy) is 1. The molecular formula is C28H50O. The number of fused-ring (bicyclic) bond motifs is 5. The Morgan fingerprint density at radius 1 is 0.828 bits per heavy atom. The van der Waals surface area contributed by atoms with Crippen molar-refractivity contribution in [3.63, 3.8) is 0 Å². The molecule has 0 aliphatic heterocycles. The second-order valence-corrected chi connectivity index (χ2v) is 12.8. The van der Waals surface area contributed by atoms with Gasteiger partial charge in [0.2, 0.25) is 0 Å². The molecule has 4 rings (SSSR count). The third-order valence-corrected chi connectivity index (χ3v) is 11.2. The number of hydrogen-bond donors (Lipinski definition) is 0. The van der Waals surface area contributed by atoms with Gasteiger partial charge in [0.25, 0.3) is 0 Å². The third kappa shape index (κ3) is 3.85. The van der Waals surface area contributed by atoms with Crippen molar-refractivity contribution in [2.75, 3.05) is 7.11 Å². The first-order chi connectivity index (χ1) is 13.8. The van der Waals surface area contributed by atoms with E-state index in [2.05, 4.69) is 34.6 Å². The Morgan fingerprint density at radius 3 is 2.28 bits per heavy atom.